The van der Waals surface area contributed by atoms with Gasteiger partial charge in [-0.3, -0.25) is 4.90 Å². The highest BCUT2D eigenvalue weighted by Crippen LogP contribution is 2.09. The first-order valence-electron chi connectivity index (χ1n) is 5.23. The molecule has 0 spiro atoms. The highest BCUT2D eigenvalue weighted by molar-refractivity contribution is 4.76. The fourth-order valence-corrected chi connectivity index (χ4v) is 1.73. The molecule has 0 aliphatic carbocycles. The molecule has 0 aromatic carbocycles. The molecule has 0 radical (unpaired) electrons. The largest absolute Gasteiger partial charge is 0.313 e. The molecule has 0 bridgehead atoms. The van der Waals surface area contributed by atoms with Crippen LogP contribution in [0.2, 0.25) is 0 Å². The first-order chi connectivity index (χ1) is 6.24. The third-order valence-corrected chi connectivity index (χ3v) is 2.90. The van der Waals surface area contributed by atoms with Gasteiger partial charge in [-0.25, -0.2) is 4.39 Å². The minimum Gasteiger partial charge on any atom is -0.313 e. The third kappa shape index (κ3) is 3.61. The Morgan fingerprint density at radius 3 is 2.85 bits per heavy atom. The minimum atomic E-state index is -0.247. The predicted octanol–water partition coefficient (Wildman–Crippen LogP) is 1.42. The van der Waals surface area contributed by atoms with E-state index in [1.165, 1.54) is 19.3 Å². The van der Waals surface area contributed by atoms with E-state index in [9.17, 15) is 4.39 Å². The molecule has 0 amide bonds. The van der Waals surface area contributed by atoms with Gasteiger partial charge in [0.1, 0.15) is 6.67 Å². The van der Waals surface area contributed by atoms with E-state index in [1.54, 1.807) is 0 Å². The van der Waals surface area contributed by atoms with Crippen LogP contribution in [0.5, 0.6) is 0 Å². The quantitative estimate of drug-likeness (QED) is 0.718. The highest BCUT2D eigenvalue weighted by Gasteiger charge is 2.17. The van der Waals surface area contributed by atoms with Crippen molar-refractivity contribution in [3.8, 4) is 0 Å². The Labute approximate surface area is 80.5 Å². The number of likely N-dealkylation sites (N-methyl/N-ethyl adjacent to an activating group) is 1. The van der Waals surface area contributed by atoms with Crippen LogP contribution in [-0.4, -0.2) is 43.8 Å². The summed E-state index contributed by atoms with van der Waals surface area (Å²) >= 11 is 0. The van der Waals surface area contributed by atoms with Gasteiger partial charge in [-0.1, -0.05) is 6.42 Å². The monoisotopic (exact) mass is 188 g/mol. The molecule has 1 rings (SSSR count). The summed E-state index contributed by atoms with van der Waals surface area (Å²) in [5.41, 5.74) is 0. The van der Waals surface area contributed by atoms with E-state index in [0.29, 0.717) is 6.04 Å². The molecule has 1 N–H and O–H groups in total. The van der Waals surface area contributed by atoms with E-state index in [1.807, 2.05) is 14.0 Å². The third-order valence-electron chi connectivity index (χ3n) is 2.90. The molecular formula is C10H21FN2. The Morgan fingerprint density at radius 1 is 1.54 bits per heavy atom. The van der Waals surface area contributed by atoms with Crippen LogP contribution in [-0.2, 0) is 0 Å². The number of nitrogens with zero attached hydrogens (tertiary/aromatic N) is 1. The molecule has 1 saturated heterocycles. The molecule has 0 aromatic heterocycles. The second-order valence-corrected chi connectivity index (χ2v) is 4.09. The molecule has 2 nitrogen and oxygen atoms in total. The van der Waals surface area contributed by atoms with Crippen LogP contribution < -0.4 is 5.32 Å². The van der Waals surface area contributed by atoms with E-state index in [2.05, 4.69) is 10.2 Å². The van der Waals surface area contributed by atoms with Gasteiger partial charge >= 0.3 is 0 Å². The van der Waals surface area contributed by atoms with Crippen LogP contribution in [0.25, 0.3) is 0 Å². The van der Waals surface area contributed by atoms with Crippen LogP contribution >= 0.6 is 0 Å². The Kier molecular flexibility index (Phi) is 4.67. The lowest BCUT2D eigenvalue weighted by Crippen LogP contribution is -2.45. The van der Waals surface area contributed by atoms with Gasteiger partial charge in [0.05, 0.1) is 0 Å². The van der Waals surface area contributed by atoms with E-state index in [4.69, 9.17) is 0 Å². The molecule has 2 unspecified atom stereocenters. The van der Waals surface area contributed by atoms with Crippen LogP contribution in [0.1, 0.15) is 26.2 Å². The summed E-state index contributed by atoms with van der Waals surface area (Å²) in [6.45, 7) is 3.79. The van der Waals surface area contributed by atoms with Crippen LogP contribution in [0.3, 0.4) is 0 Å². The zero-order valence-corrected chi connectivity index (χ0v) is 8.72. The van der Waals surface area contributed by atoms with Gasteiger partial charge < -0.3 is 5.32 Å². The van der Waals surface area contributed by atoms with Gasteiger partial charge in [0.2, 0.25) is 0 Å². The molecule has 1 fully saturated rings. The summed E-state index contributed by atoms with van der Waals surface area (Å²) in [6, 6.07) is 0.636. The SMILES string of the molecule is CC(CF)N(C)CC1CCCCN1. The van der Waals surface area contributed by atoms with Crippen molar-refractivity contribution in [2.45, 2.75) is 38.3 Å². The number of rotatable bonds is 4. The van der Waals surface area contributed by atoms with Crippen LogP contribution in [0.4, 0.5) is 4.39 Å². The van der Waals surface area contributed by atoms with Gasteiger partial charge in [0.15, 0.2) is 0 Å². The fraction of sp³-hybridized carbons (Fsp3) is 1.00. The summed E-state index contributed by atoms with van der Waals surface area (Å²) in [5, 5.41) is 3.46. The number of hydrogen-bond donors (Lipinski definition) is 1. The first kappa shape index (κ1) is 10.9. The number of halogens is 1. The van der Waals surface area contributed by atoms with Gasteiger partial charge in [-0.05, 0) is 33.4 Å². The van der Waals surface area contributed by atoms with Crippen molar-refractivity contribution in [3.05, 3.63) is 0 Å². The van der Waals surface area contributed by atoms with E-state index in [0.717, 1.165) is 13.1 Å². The van der Waals surface area contributed by atoms with E-state index in [-0.39, 0.29) is 12.7 Å². The summed E-state index contributed by atoms with van der Waals surface area (Å²) < 4.78 is 12.3. The zero-order valence-electron chi connectivity index (χ0n) is 8.72. The topological polar surface area (TPSA) is 15.3 Å². The van der Waals surface area contributed by atoms with Crippen molar-refractivity contribution in [2.75, 3.05) is 26.8 Å². The van der Waals surface area contributed by atoms with Crippen molar-refractivity contribution in [2.24, 2.45) is 0 Å². The minimum absolute atomic E-state index is 0.0590. The summed E-state index contributed by atoms with van der Waals surface area (Å²) in [5.74, 6) is 0. The Hall–Kier alpha value is -0.150. The summed E-state index contributed by atoms with van der Waals surface area (Å²) in [7, 11) is 2.00. The zero-order chi connectivity index (χ0) is 9.68. The number of nitrogens with one attached hydrogen (secondary N) is 1. The van der Waals surface area contributed by atoms with Gasteiger partial charge in [-0.15, -0.1) is 0 Å². The average molecular weight is 188 g/mol. The molecular weight excluding hydrogens is 167 g/mol. The lowest BCUT2D eigenvalue weighted by Gasteiger charge is -2.30. The molecule has 13 heavy (non-hydrogen) atoms. The second kappa shape index (κ2) is 5.55. The smallest absolute Gasteiger partial charge is 0.105 e. The Bertz CT molecular complexity index is 135. The molecule has 0 saturated carbocycles. The summed E-state index contributed by atoms with van der Waals surface area (Å²) in [6.07, 6.45) is 3.84. The summed E-state index contributed by atoms with van der Waals surface area (Å²) in [4.78, 5) is 2.10. The van der Waals surface area contributed by atoms with Crippen molar-refractivity contribution >= 4 is 0 Å². The molecule has 1 aliphatic heterocycles. The second-order valence-electron chi connectivity index (χ2n) is 4.09. The van der Waals surface area contributed by atoms with Gasteiger partial charge in [-0.2, -0.15) is 0 Å². The standard InChI is InChI=1S/C10H21FN2/c1-9(7-11)13(2)8-10-5-3-4-6-12-10/h9-10,12H,3-8H2,1-2H3. The highest BCUT2D eigenvalue weighted by atomic mass is 19.1. The van der Waals surface area contributed by atoms with Crippen LogP contribution in [0.15, 0.2) is 0 Å². The molecule has 2 atom stereocenters. The maximum Gasteiger partial charge on any atom is 0.105 e. The number of hydrogen-bond acceptors (Lipinski definition) is 2. The van der Waals surface area contributed by atoms with E-state index < -0.39 is 0 Å². The molecule has 78 valence electrons. The van der Waals surface area contributed by atoms with Crippen molar-refractivity contribution in [3.63, 3.8) is 0 Å². The first-order valence-corrected chi connectivity index (χ1v) is 5.23. The lowest BCUT2D eigenvalue weighted by molar-refractivity contribution is 0.186. The molecule has 3 heteroatoms. The molecule has 1 heterocycles. The van der Waals surface area contributed by atoms with Crippen LogP contribution in [0, 0.1) is 0 Å². The maximum absolute atomic E-state index is 12.3. The molecule has 0 aromatic rings. The maximum atomic E-state index is 12.3. The average Bonchev–Trinajstić information content (AvgIpc) is 2.18. The fourth-order valence-electron chi connectivity index (χ4n) is 1.73. The lowest BCUT2D eigenvalue weighted by atomic mass is 10.0. The predicted molar refractivity (Wildman–Crippen MR) is 53.7 cm³/mol. The molecule has 1 aliphatic rings. The normalized spacial score (nSPS) is 26.3. The Morgan fingerprint density at radius 2 is 2.31 bits per heavy atom. The van der Waals surface area contributed by atoms with Gasteiger partial charge in [0, 0.05) is 18.6 Å². The van der Waals surface area contributed by atoms with Crippen molar-refractivity contribution in [1.82, 2.24) is 10.2 Å². The van der Waals surface area contributed by atoms with Gasteiger partial charge in [0.25, 0.3) is 0 Å². The number of piperidine rings is 1. The Balaban J connectivity index is 2.21. The van der Waals surface area contributed by atoms with Crippen molar-refractivity contribution < 1.29 is 4.39 Å². The number of alkyl halides is 1. The van der Waals surface area contributed by atoms with E-state index >= 15 is 0 Å². The van der Waals surface area contributed by atoms with Crippen molar-refractivity contribution in [1.29, 1.82) is 0 Å².